The molecule has 1 aliphatic rings. The van der Waals surface area contributed by atoms with Crippen molar-refractivity contribution in [3.8, 4) is 0 Å². The molecule has 0 bridgehead atoms. The van der Waals surface area contributed by atoms with Crippen molar-refractivity contribution in [1.82, 2.24) is 10.6 Å². The Morgan fingerprint density at radius 3 is 2.45 bits per heavy atom. The molecule has 5 nitrogen and oxygen atoms in total. The standard InChI is InChI=1S/C16H23N3O2.ClH/c1-2-9-18-16(21)13-5-7-14(8-6-13)19-15(20)11-17-10-12-3-4-12;/h5-8,12,17H,2-4,9-11H2,1H3,(H,18,21)(H,19,20);1H. The van der Waals surface area contributed by atoms with Gasteiger partial charge in [0, 0.05) is 17.8 Å². The Balaban J connectivity index is 0.00000242. The molecule has 1 aromatic rings. The van der Waals surface area contributed by atoms with Crippen molar-refractivity contribution in [2.45, 2.75) is 26.2 Å². The topological polar surface area (TPSA) is 70.2 Å². The first kappa shape index (κ1) is 18.5. The predicted molar refractivity (Wildman–Crippen MR) is 90.5 cm³/mol. The Hall–Kier alpha value is -1.59. The number of anilines is 1. The van der Waals surface area contributed by atoms with Crippen molar-refractivity contribution < 1.29 is 9.59 Å². The Morgan fingerprint density at radius 1 is 1.18 bits per heavy atom. The van der Waals surface area contributed by atoms with E-state index in [2.05, 4.69) is 16.0 Å². The van der Waals surface area contributed by atoms with Gasteiger partial charge in [-0.1, -0.05) is 6.92 Å². The molecule has 1 aromatic carbocycles. The van der Waals surface area contributed by atoms with Crippen LogP contribution in [0.15, 0.2) is 24.3 Å². The fourth-order valence-electron chi connectivity index (χ4n) is 1.96. The second-order valence-corrected chi connectivity index (χ2v) is 5.46. The van der Waals surface area contributed by atoms with E-state index < -0.39 is 0 Å². The minimum Gasteiger partial charge on any atom is -0.352 e. The molecule has 2 amide bonds. The maximum absolute atomic E-state index is 11.7. The van der Waals surface area contributed by atoms with Crippen LogP contribution < -0.4 is 16.0 Å². The number of nitrogens with one attached hydrogen (secondary N) is 3. The van der Waals surface area contributed by atoms with Crippen LogP contribution in [0.3, 0.4) is 0 Å². The molecule has 1 fully saturated rings. The lowest BCUT2D eigenvalue weighted by Gasteiger charge is -2.08. The maximum Gasteiger partial charge on any atom is 0.251 e. The fourth-order valence-corrected chi connectivity index (χ4v) is 1.96. The van der Waals surface area contributed by atoms with E-state index in [1.165, 1.54) is 12.8 Å². The van der Waals surface area contributed by atoms with Crippen LogP contribution in [0.2, 0.25) is 0 Å². The predicted octanol–water partition coefficient (Wildman–Crippen LogP) is 2.19. The van der Waals surface area contributed by atoms with Crippen LogP contribution in [0, 0.1) is 5.92 Å². The van der Waals surface area contributed by atoms with Crippen LogP contribution >= 0.6 is 12.4 Å². The number of halogens is 1. The van der Waals surface area contributed by atoms with Gasteiger partial charge >= 0.3 is 0 Å². The van der Waals surface area contributed by atoms with Crippen LogP contribution in [-0.2, 0) is 4.79 Å². The zero-order valence-corrected chi connectivity index (χ0v) is 13.7. The number of hydrogen-bond acceptors (Lipinski definition) is 3. The third-order valence-corrected chi connectivity index (χ3v) is 3.38. The Bertz CT molecular complexity index is 487. The fraction of sp³-hybridized carbons (Fsp3) is 0.500. The molecule has 0 radical (unpaired) electrons. The molecular formula is C16H24ClN3O2. The van der Waals surface area contributed by atoms with E-state index in [-0.39, 0.29) is 24.2 Å². The Kier molecular flexibility index (Phi) is 7.91. The summed E-state index contributed by atoms with van der Waals surface area (Å²) in [5.41, 5.74) is 1.31. The van der Waals surface area contributed by atoms with Crippen LogP contribution in [0.1, 0.15) is 36.5 Å². The SMILES string of the molecule is CCCNC(=O)c1ccc(NC(=O)CNCC2CC2)cc1.Cl. The largest absolute Gasteiger partial charge is 0.352 e. The summed E-state index contributed by atoms with van der Waals surface area (Å²) in [5, 5.41) is 8.77. The highest BCUT2D eigenvalue weighted by Crippen LogP contribution is 2.27. The van der Waals surface area contributed by atoms with Crippen LogP contribution in [-0.4, -0.2) is 31.4 Å². The van der Waals surface area contributed by atoms with E-state index in [0.29, 0.717) is 24.3 Å². The quantitative estimate of drug-likeness (QED) is 0.686. The lowest BCUT2D eigenvalue weighted by atomic mass is 10.2. The minimum atomic E-state index is -0.0826. The smallest absolute Gasteiger partial charge is 0.251 e. The molecule has 0 atom stereocenters. The lowest BCUT2D eigenvalue weighted by Crippen LogP contribution is -2.29. The molecule has 2 rings (SSSR count). The van der Waals surface area contributed by atoms with Crippen molar-refractivity contribution in [3.05, 3.63) is 29.8 Å². The molecule has 3 N–H and O–H groups in total. The van der Waals surface area contributed by atoms with Crippen molar-refractivity contribution in [3.63, 3.8) is 0 Å². The van der Waals surface area contributed by atoms with Gasteiger partial charge in [-0.15, -0.1) is 12.4 Å². The summed E-state index contributed by atoms with van der Waals surface area (Å²) in [5.74, 6) is 0.623. The highest BCUT2D eigenvalue weighted by atomic mass is 35.5. The zero-order valence-electron chi connectivity index (χ0n) is 12.9. The molecule has 0 aromatic heterocycles. The van der Waals surface area contributed by atoms with Gasteiger partial charge in [0.15, 0.2) is 0 Å². The number of carbonyl (C=O) groups excluding carboxylic acids is 2. The summed E-state index contributed by atoms with van der Waals surface area (Å²) >= 11 is 0. The number of carbonyl (C=O) groups is 2. The maximum atomic E-state index is 11.7. The summed E-state index contributed by atoms with van der Waals surface area (Å²) in [7, 11) is 0. The van der Waals surface area contributed by atoms with Crippen molar-refractivity contribution in [1.29, 1.82) is 0 Å². The van der Waals surface area contributed by atoms with Crippen LogP contribution in [0.5, 0.6) is 0 Å². The first-order chi connectivity index (χ1) is 10.2. The molecular weight excluding hydrogens is 302 g/mol. The number of benzene rings is 1. The summed E-state index contributed by atoms with van der Waals surface area (Å²) in [4.78, 5) is 23.5. The average Bonchev–Trinajstić information content (AvgIpc) is 3.29. The van der Waals surface area contributed by atoms with Crippen LogP contribution in [0.25, 0.3) is 0 Å². The van der Waals surface area contributed by atoms with Gasteiger partial charge in [-0.3, -0.25) is 9.59 Å². The van der Waals surface area contributed by atoms with E-state index in [0.717, 1.165) is 18.9 Å². The lowest BCUT2D eigenvalue weighted by molar-refractivity contribution is -0.115. The van der Waals surface area contributed by atoms with Gasteiger partial charge in [0.1, 0.15) is 0 Å². The van der Waals surface area contributed by atoms with Gasteiger partial charge < -0.3 is 16.0 Å². The Labute approximate surface area is 137 Å². The Morgan fingerprint density at radius 2 is 1.86 bits per heavy atom. The van der Waals surface area contributed by atoms with Gasteiger partial charge in [-0.25, -0.2) is 0 Å². The monoisotopic (exact) mass is 325 g/mol. The van der Waals surface area contributed by atoms with Gasteiger partial charge in [0.2, 0.25) is 5.91 Å². The third-order valence-electron chi connectivity index (χ3n) is 3.38. The molecule has 122 valence electrons. The number of hydrogen-bond donors (Lipinski definition) is 3. The molecule has 1 aliphatic carbocycles. The summed E-state index contributed by atoms with van der Waals surface area (Å²) < 4.78 is 0. The van der Waals surface area contributed by atoms with E-state index in [4.69, 9.17) is 0 Å². The zero-order chi connectivity index (χ0) is 15.1. The molecule has 0 unspecified atom stereocenters. The van der Waals surface area contributed by atoms with E-state index in [9.17, 15) is 9.59 Å². The summed E-state index contributed by atoms with van der Waals surface area (Å²) in [6.45, 7) is 3.93. The third kappa shape index (κ3) is 6.45. The van der Waals surface area contributed by atoms with Gasteiger partial charge in [-0.2, -0.15) is 0 Å². The second kappa shape index (κ2) is 9.43. The first-order valence-electron chi connectivity index (χ1n) is 7.58. The van der Waals surface area contributed by atoms with Crippen LogP contribution in [0.4, 0.5) is 5.69 Å². The molecule has 1 saturated carbocycles. The average molecular weight is 326 g/mol. The highest BCUT2D eigenvalue weighted by Gasteiger charge is 2.20. The van der Waals surface area contributed by atoms with Gasteiger partial charge in [0.05, 0.1) is 6.54 Å². The first-order valence-corrected chi connectivity index (χ1v) is 7.58. The van der Waals surface area contributed by atoms with Gasteiger partial charge in [0.25, 0.3) is 5.91 Å². The highest BCUT2D eigenvalue weighted by molar-refractivity contribution is 5.96. The van der Waals surface area contributed by atoms with E-state index in [1.807, 2.05) is 6.92 Å². The summed E-state index contributed by atoms with van der Waals surface area (Å²) in [6, 6.07) is 6.94. The molecule has 6 heteroatoms. The minimum absolute atomic E-state index is 0. The number of amides is 2. The number of rotatable bonds is 8. The van der Waals surface area contributed by atoms with Crippen molar-refractivity contribution in [2.75, 3.05) is 25.0 Å². The molecule has 0 aliphatic heterocycles. The normalized spacial score (nSPS) is 13.1. The van der Waals surface area contributed by atoms with Crippen molar-refractivity contribution >= 4 is 29.9 Å². The van der Waals surface area contributed by atoms with E-state index >= 15 is 0 Å². The molecule has 22 heavy (non-hydrogen) atoms. The second-order valence-electron chi connectivity index (χ2n) is 5.46. The molecule has 0 saturated heterocycles. The van der Waals surface area contributed by atoms with Gasteiger partial charge in [-0.05, 0) is 56.0 Å². The van der Waals surface area contributed by atoms with E-state index in [1.54, 1.807) is 24.3 Å². The molecule has 0 heterocycles. The molecule has 0 spiro atoms. The van der Waals surface area contributed by atoms with Crippen molar-refractivity contribution in [2.24, 2.45) is 5.92 Å². The summed E-state index contributed by atoms with van der Waals surface area (Å²) in [6.07, 6.45) is 3.46.